The smallest absolute Gasteiger partial charge is 0.487 e. The highest BCUT2D eigenvalue weighted by atomic mass is 35.5. The van der Waals surface area contributed by atoms with E-state index in [0.717, 1.165) is 37.9 Å². The van der Waals surface area contributed by atoms with Crippen LogP contribution in [-0.4, -0.2) is 65.0 Å². The molecule has 2 aliphatic heterocycles. The van der Waals surface area contributed by atoms with Crippen molar-refractivity contribution in [1.29, 1.82) is 0 Å². The van der Waals surface area contributed by atoms with Crippen molar-refractivity contribution >= 4 is 39.0 Å². The van der Waals surface area contributed by atoms with Crippen LogP contribution in [0.1, 0.15) is 0 Å². The van der Waals surface area contributed by atoms with E-state index in [9.17, 15) is 26.0 Å². The Balaban J connectivity index is 0.000000406. The van der Waals surface area contributed by atoms with Crippen molar-refractivity contribution in [3.63, 3.8) is 0 Å². The lowest BCUT2D eigenvalue weighted by Crippen LogP contribution is -2.44. The Bertz CT molecular complexity index is 1160. The molecule has 2 aromatic rings. The van der Waals surface area contributed by atoms with E-state index in [4.69, 9.17) is 26.2 Å². The number of anilines is 2. The predicted molar refractivity (Wildman–Crippen MR) is 117 cm³/mol. The maximum atomic E-state index is 13.6. The van der Waals surface area contributed by atoms with E-state index in [2.05, 4.69) is 10.2 Å². The van der Waals surface area contributed by atoms with Gasteiger partial charge in [-0.15, -0.1) is 0 Å². The number of hydrogen-bond donors (Lipinski definition) is 2. The predicted octanol–water partition coefficient (Wildman–Crippen LogP) is 3.11. The minimum atomic E-state index is -5.08. The molecule has 0 saturated carbocycles. The van der Waals surface area contributed by atoms with Gasteiger partial charge in [-0.2, -0.15) is 13.2 Å². The monoisotopic (exact) mass is 525 g/mol. The molecule has 2 N–H and O–H groups in total. The quantitative estimate of drug-likeness (QED) is 0.594. The Kier molecular flexibility index (Phi) is 7.78. The molecule has 2 heterocycles. The van der Waals surface area contributed by atoms with Crippen LogP contribution < -0.4 is 19.3 Å². The van der Waals surface area contributed by atoms with Crippen LogP contribution in [0.3, 0.4) is 0 Å². The molecule has 34 heavy (non-hydrogen) atoms. The number of piperazine rings is 1. The van der Waals surface area contributed by atoms with Crippen LogP contribution in [0.15, 0.2) is 41.3 Å². The van der Waals surface area contributed by atoms with E-state index in [1.807, 2.05) is 0 Å². The molecular formula is C20H20ClF4N3O5S. The first-order chi connectivity index (χ1) is 15.9. The molecule has 0 radical (unpaired) electrons. The normalized spacial score (nSPS) is 16.1. The fraction of sp³-hybridized carbons (Fsp3) is 0.350. The molecule has 2 aliphatic rings. The van der Waals surface area contributed by atoms with Gasteiger partial charge in [0.25, 0.3) is 10.0 Å². The van der Waals surface area contributed by atoms with Gasteiger partial charge < -0.3 is 20.1 Å². The van der Waals surface area contributed by atoms with E-state index >= 15 is 0 Å². The van der Waals surface area contributed by atoms with Gasteiger partial charge in [0.15, 0.2) is 5.75 Å². The summed E-state index contributed by atoms with van der Waals surface area (Å²) in [6.07, 6.45) is -5.08. The number of halogens is 5. The average Bonchev–Trinajstić information content (AvgIpc) is 2.78. The van der Waals surface area contributed by atoms with Gasteiger partial charge in [0, 0.05) is 31.2 Å². The summed E-state index contributed by atoms with van der Waals surface area (Å²) >= 11 is 6.31. The first-order valence-corrected chi connectivity index (χ1v) is 11.7. The molecule has 0 amide bonds. The SMILES string of the molecule is O=C(O)C(F)(F)F.O=S(=O)(c1cccc(F)c1)N1CCOc2c(N3CCNCC3)cc(Cl)cc21. The second kappa shape index (κ2) is 10.2. The topological polar surface area (TPSA) is 99.2 Å². The van der Waals surface area contributed by atoms with Gasteiger partial charge in [-0.1, -0.05) is 17.7 Å². The number of nitrogens with one attached hydrogen (secondary N) is 1. The number of carboxylic acids is 1. The zero-order valence-corrected chi connectivity index (χ0v) is 19.1. The number of alkyl halides is 3. The summed E-state index contributed by atoms with van der Waals surface area (Å²) in [6, 6.07) is 8.38. The molecule has 2 aromatic carbocycles. The fourth-order valence-corrected chi connectivity index (χ4v) is 5.08. The van der Waals surface area contributed by atoms with Gasteiger partial charge in [-0.3, -0.25) is 4.31 Å². The highest BCUT2D eigenvalue weighted by Gasteiger charge is 2.38. The molecule has 8 nitrogen and oxygen atoms in total. The number of carboxylic acid groups (broad SMARTS) is 1. The standard InChI is InChI=1S/C18H19ClFN3O3S.C2HF3O2/c19-13-10-16(22-6-4-21-5-7-22)18-17(11-13)23(8-9-26-18)27(24,25)15-3-1-2-14(20)12-15;3-2(4,5)1(6)7/h1-3,10-12,21H,4-9H2;(H,6,7). The second-order valence-electron chi connectivity index (χ2n) is 7.20. The van der Waals surface area contributed by atoms with E-state index in [0.29, 0.717) is 16.5 Å². The molecule has 14 heteroatoms. The molecule has 0 atom stereocenters. The van der Waals surface area contributed by atoms with Crippen molar-refractivity contribution in [2.45, 2.75) is 11.1 Å². The highest BCUT2D eigenvalue weighted by molar-refractivity contribution is 7.92. The lowest BCUT2D eigenvalue weighted by atomic mass is 10.2. The Hall–Kier alpha value is -2.77. The van der Waals surface area contributed by atoms with Gasteiger partial charge in [0.1, 0.15) is 12.4 Å². The molecule has 0 unspecified atom stereocenters. The number of fused-ring (bicyclic) bond motifs is 1. The lowest BCUT2D eigenvalue weighted by molar-refractivity contribution is -0.192. The summed E-state index contributed by atoms with van der Waals surface area (Å²) in [7, 11) is -3.94. The van der Waals surface area contributed by atoms with E-state index in [1.165, 1.54) is 22.5 Å². The summed E-state index contributed by atoms with van der Waals surface area (Å²) < 4.78 is 78.7. The second-order valence-corrected chi connectivity index (χ2v) is 9.49. The van der Waals surface area contributed by atoms with Gasteiger partial charge in [-0.05, 0) is 30.3 Å². The summed E-state index contributed by atoms with van der Waals surface area (Å²) in [4.78, 5) is 10.9. The molecular weight excluding hydrogens is 506 g/mol. The van der Waals surface area contributed by atoms with Crippen molar-refractivity contribution in [2.75, 3.05) is 48.5 Å². The van der Waals surface area contributed by atoms with E-state index < -0.39 is 28.0 Å². The van der Waals surface area contributed by atoms with Gasteiger partial charge >= 0.3 is 12.1 Å². The van der Waals surface area contributed by atoms with Crippen LogP contribution in [0.2, 0.25) is 5.02 Å². The largest absolute Gasteiger partial charge is 0.490 e. The molecule has 0 spiro atoms. The van der Waals surface area contributed by atoms with Gasteiger partial charge in [0.05, 0.1) is 22.8 Å². The number of hydrogen-bond acceptors (Lipinski definition) is 6. The third-order valence-corrected chi connectivity index (χ3v) is 6.94. The Morgan fingerprint density at radius 1 is 1.09 bits per heavy atom. The Morgan fingerprint density at radius 3 is 2.29 bits per heavy atom. The maximum Gasteiger partial charge on any atom is 0.490 e. The minimum Gasteiger partial charge on any atom is -0.487 e. The van der Waals surface area contributed by atoms with Gasteiger partial charge in [-0.25, -0.2) is 17.6 Å². The summed E-state index contributed by atoms with van der Waals surface area (Å²) in [5.74, 6) is -2.86. The van der Waals surface area contributed by atoms with Gasteiger partial charge in [0.2, 0.25) is 0 Å². The maximum absolute atomic E-state index is 13.6. The highest BCUT2D eigenvalue weighted by Crippen LogP contribution is 2.44. The first-order valence-electron chi connectivity index (χ1n) is 9.91. The van der Waals surface area contributed by atoms with Crippen molar-refractivity contribution in [1.82, 2.24) is 5.32 Å². The molecule has 0 aliphatic carbocycles. The summed E-state index contributed by atoms with van der Waals surface area (Å²) in [6.45, 7) is 3.54. The zero-order chi connectivity index (χ0) is 25.1. The molecule has 0 bridgehead atoms. The fourth-order valence-electron chi connectivity index (χ4n) is 3.39. The van der Waals surface area contributed by atoms with E-state index in [-0.39, 0.29) is 18.0 Å². The number of sulfonamides is 1. The average molecular weight is 526 g/mol. The number of aliphatic carboxylic acids is 1. The van der Waals surface area contributed by atoms with Crippen LogP contribution in [0.25, 0.3) is 0 Å². The van der Waals surface area contributed by atoms with E-state index in [1.54, 1.807) is 12.1 Å². The number of ether oxygens (including phenoxy) is 1. The summed E-state index contributed by atoms with van der Waals surface area (Å²) in [5.41, 5.74) is 1.16. The van der Waals surface area contributed by atoms with Crippen molar-refractivity contribution in [2.24, 2.45) is 0 Å². The van der Waals surface area contributed by atoms with Crippen LogP contribution in [-0.2, 0) is 14.8 Å². The molecule has 0 aromatic heterocycles. The van der Waals surface area contributed by atoms with Crippen LogP contribution in [0.4, 0.5) is 28.9 Å². The molecule has 1 fully saturated rings. The number of benzene rings is 2. The lowest BCUT2D eigenvalue weighted by Gasteiger charge is -2.36. The Labute approximate surface area is 197 Å². The van der Waals surface area contributed by atoms with Crippen LogP contribution in [0, 0.1) is 5.82 Å². The van der Waals surface area contributed by atoms with Crippen LogP contribution in [0.5, 0.6) is 5.75 Å². The number of rotatable bonds is 3. The number of nitrogens with zero attached hydrogens (tertiary/aromatic N) is 2. The first kappa shape index (κ1) is 25.8. The Morgan fingerprint density at radius 2 is 1.71 bits per heavy atom. The molecule has 186 valence electrons. The van der Waals surface area contributed by atoms with Crippen LogP contribution >= 0.6 is 11.6 Å². The van der Waals surface area contributed by atoms with Crippen molar-refractivity contribution < 1.29 is 40.6 Å². The minimum absolute atomic E-state index is 0.0981. The third kappa shape index (κ3) is 5.83. The third-order valence-electron chi connectivity index (χ3n) is 4.91. The zero-order valence-electron chi connectivity index (χ0n) is 17.5. The molecule has 4 rings (SSSR count). The number of carbonyl (C=O) groups is 1. The molecule has 1 saturated heterocycles. The van der Waals surface area contributed by atoms with Crippen molar-refractivity contribution in [3.8, 4) is 5.75 Å². The summed E-state index contributed by atoms with van der Waals surface area (Å²) in [5, 5.41) is 10.8. The van der Waals surface area contributed by atoms with Crippen molar-refractivity contribution in [3.05, 3.63) is 47.2 Å².